The first-order valence-corrected chi connectivity index (χ1v) is 5.81. The van der Waals surface area contributed by atoms with Crippen molar-refractivity contribution in [2.75, 3.05) is 4.90 Å². The maximum Gasteiger partial charge on any atom is 0.256 e. The van der Waals surface area contributed by atoms with Gasteiger partial charge in [-0.05, 0) is 42.4 Å². The topological polar surface area (TPSA) is 32.3 Å². The Hall–Kier alpha value is -1.49. The standard InChI is InChI=1S/C12H13FN2OS/c1-7(2)10-11(16)15(12(17)14-10)9-5-3-8(13)4-6-9/h3-7,10H,1-2H3,(H,14,17)/t10-/m0/s1. The van der Waals surface area contributed by atoms with Crippen LogP contribution in [0, 0.1) is 11.7 Å². The minimum absolute atomic E-state index is 0.0865. The van der Waals surface area contributed by atoms with E-state index in [9.17, 15) is 9.18 Å². The van der Waals surface area contributed by atoms with Gasteiger partial charge in [-0.25, -0.2) is 4.39 Å². The first-order chi connectivity index (χ1) is 8.00. The lowest BCUT2D eigenvalue weighted by Crippen LogP contribution is -2.34. The number of carbonyl (C=O) groups excluding carboxylic acids is 1. The third-order valence-corrected chi connectivity index (χ3v) is 3.02. The van der Waals surface area contributed by atoms with Crippen LogP contribution in [0.3, 0.4) is 0 Å². The fourth-order valence-electron chi connectivity index (χ4n) is 1.78. The molecule has 90 valence electrons. The summed E-state index contributed by atoms with van der Waals surface area (Å²) in [6, 6.07) is 5.42. The van der Waals surface area contributed by atoms with Gasteiger partial charge >= 0.3 is 0 Å². The highest BCUT2D eigenvalue weighted by Gasteiger charge is 2.37. The van der Waals surface area contributed by atoms with Gasteiger partial charge in [-0.1, -0.05) is 13.8 Å². The van der Waals surface area contributed by atoms with Gasteiger partial charge in [0.2, 0.25) is 0 Å². The zero-order valence-electron chi connectivity index (χ0n) is 9.61. The van der Waals surface area contributed by atoms with Crippen LogP contribution in [0.4, 0.5) is 10.1 Å². The maximum absolute atomic E-state index is 12.8. The molecule has 0 spiro atoms. The predicted octanol–water partition coefficient (Wildman–Crippen LogP) is 2.07. The average molecular weight is 252 g/mol. The van der Waals surface area contributed by atoms with E-state index in [0.29, 0.717) is 10.8 Å². The van der Waals surface area contributed by atoms with Crippen LogP contribution in [0.25, 0.3) is 0 Å². The summed E-state index contributed by atoms with van der Waals surface area (Å²) in [5, 5.41) is 3.36. The summed E-state index contributed by atoms with van der Waals surface area (Å²) >= 11 is 5.13. The van der Waals surface area contributed by atoms with E-state index in [2.05, 4.69) is 5.32 Å². The van der Waals surface area contributed by atoms with Crippen LogP contribution in [0.15, 0.2) is 24.3 Å². The molecule has 3 nitrogen and oxygen atoms in total. The Morgan fingerprint density at radius 1 is 1.35 bits per heavy atom. The van der Waals surface area contributed by atoms with Crippen molar-refractivity contribution in [2.24, 2.45) is 5.92 Å². The molecule has 1 amide bonds. The molecular formula is C12H13FN2OS. The van der Waals surface area contributed by atoms with E-state index in [1.807, 2.05) is 13.8 Å². The van der Waals surface area contributed by atoms with Gasteiger partial charge < -0.3 is 5.32 Å². The molecule has 1 aliphatic rings. The van der Waals surface area contributed by atoms with Gasteiger partial charge in [0.05, 0.1) is 5.69 Å². The van der Waals surface area contributed by atoms with E-state index in [0.717, 1.165) is 0 Å². The highest BCUT2D eigenvalue weighted by Crippen LogP contribution is 2.22. The lowest BCUT2D eigenvalue weighted by molar-refractivity contribution is -0.119. The van der Waals surface area contributed by atoms with Crippen LogP contribution in [0.5, 0.6) is 0 Å². The fourth-order valence-corrected chi connectivity index (χ4v) is 2.11. The Morgan fingerprint density at radius 2 is 1.94 bits per heavy atom. The second kappa shape index (κ2) is 4.41. The summed E-state index contributed by atoms with van der Waals surface area (Å²) in [5.74, 6) is -0.262. The number of hydrogen-bond acceptors (Lipinski definition) is 2. The average Bonchev–Trinajstić information content (AvgIpc) is 2.56. The van der Waals surface area contributed by atoms with Crippen molar-refractivity contribution in [1.82, 2.24) is 5.32 Å². The van der Waals surface area contributed by atoms with Crippen molar-refractivity contribution in [2.45, 2.75) is 19.9 Å². The molecule has 1 aliphatic heterocycles. The Labute approximate surface area is 105 Å². The van der Waals surface area contributed by atoms with Gasteiger partial charge in [-0.15, -0.1) is 0 Å². The van der Waals surface area contributed by atoms with Crippen molar-refractivity contribution in [1.29, 1.82) is 0 Å². The highest BCUT2D eigenvalue weighted by atomic mass is 32.1. The monoisotopic (exact) mass is 252 g/mol. The first-order valence-electron chi connectivity index (χ1n) is 5.40. The van der Waals surface area contributed by atoms with Crippen molar-refractivity contribution < 1.29 is 9.18 Å². The smallest absolute Gasteiger partial charge is 0.256 e. The Balaban J connectivity index is 2.30. The molecule has 1 heterocycles. The zero-order chi connectivity index (χ0) is 12.6. The SMILES string of the molecule is CC(C)[C@@H]1NC(=S)N(c2ccc(F)cc2)C1=O. The number of thiocarbonyl (C=S) groups is 1. The first kappa shape index (κ1) is 12.0. The summed E-state index contributed by atoms with van der Waals surface area (Å²) < 4.78 is 12.8. The molecule has 1 fully saturated rings. The van der Waals surface area contributed by atoms with Crippen LogP contribution < -0.4 is 10.2 Å². The number of benzene rings is 1. The summed E-state index contributed by atoms with van der Waals surface area (Å²) in [5.41, 5.74) is 0.594. The number of carbonyl (C=O) groups is 1. The summed E-state index contributed by atoms with van der Waals surface area (Å²) in [6.07, 6.45) is 0. The molecule has 1 saturated heterocycles. The summed E-state index contributed by atoms with van der Waals surface area (Å²) in [7, 11) is 0. The second-order valence-electron chi connectivity index (χ2n) is 4.32. The van der Waals surface area contributed by atoms with E-state index >= 15 is 0 Å². The van der Waals surface area contributed by atoms with Gasteiger partial charge in [0, 0.05) is 0 Å². The molecule has 1 N–H and O–H groups in total. The van der Waals surface area contributed by atoms with Crippen molar-refractivity contribution >= 4 is 28.9 Å². The number of anilines is 1. The molecule has 0 unspecified atom stereocenters. The third kappa shape index (κ3) is 2.15. The maximum atomic E-state index is 12.8. The minimum atomic E-state index is -0.334. The van der Waals surface area contributed by atoms with Crippen molar-refractivity contribution in [3.8, 4) is 0 Å². The summed E-state index contributed by atoms with van der Waals surface area (Å²) in [4.78, 5) is 13.5. The lowest BCUT2D eigenvalue weighted by atomic mass is 10.0. The van der Waals surface area contributed by atoms with Gasteiger partial charge in [0.25, 0.3) is 5.91 Å². The minimum Gasteiger partial charge on any atom is -0.350 e. The number of nitrogens with one attached hydrogen (secondary N) is 1. The molecule has 0 radical (unpaired) electrons. The Bertz CT molecular complexity index is 458. The number of halogens is 1. The number of amides is 1. The molecule has 1 aromatic rings. The van der Waals surface area contributed by atoms with Crippen LogP contribution in [-0.4, -0.2) is 17.1 Å². The molecule has 0 aromatic heterocycles. The lowest BCUT2D eigenvalue weighted by Gasteiger charge is -2.15. The number of hydrogen-bond donors (Lipinski definition) is 1. The predicted molar refractivity (Wildman–Crippen MR) is 68.2 cm³/mol. The molecule has 5 heteroatoms. The third-order valence-electron chi connectivity index (χ3n) is 2.72. The molecule has 0 bridgehead atoms. The van der Waals surface area contributed by atoms with Crippen LogP contribution in [0.2, 0.25) is 0 Å². The molecule has 17 heavy (non-hydrogen) atoms. The molecule has 0 saturated carbocycles. The normalized spacial score (nSPS) is 20.0. The van der Waals surface area contributed by atoms with Gasteiger partial charge in [0.1, 0.15) is 11.9 Å². The van der Waals surface area contributed by atoms with Gasteiger partial charge in [-0.3, -0.25) is 9.69 Å². The van der Waals surface area contributed by atoms with E-state index in [4.69, 9.17) is 12.2 Å². The largest absolute Gasteiger partial charge is 0.350 e. The zero-order valence-corrected chi connectivity index (χ0v) is 10.4. The van der Waals surface area contributed by atoms with E-state index < -0.39 is 0 Å². The number of nitrogens with zero attached hydrogens (tertiary/aromatic N) is 1. The quantitative estimate of drug-likeness (QED) is 0.818. The van der Waals surface area contributed by atoms with Crippen molar-refractivity contribution in [3.63, 3.8) is 0 Å². The van der Waals surface area contributed by atoms with E-state index in [1.54, 1.807) is 12.1 Å². The molecule has 0 aliphatic carbocycles. The molecule has 1 atom stereocenters. The molecule has 2 rings (SSSR count). The van der Waals surface area contributed by atoms with Crippen LogP contribution >= 0.6 is 12.2 Å². The highest BCUT2D eigenvalue weighted by molar-refractivity contribution is 7.80. The van der Waals surface area contributed by atoms with Gasteiger partial charge in [0.15, 0.2) is 5.11 Å². The molecule has 1 aromatic carbocycles. The van der Waals surface area contributed by atoms with Gasteiger partial charge in [-0.2, -0.15) is 0 Å². The number of rotatable bonds is 2. The van der Waals surface area contributed by atoms with Crippen LogP contribution in [0.1, 0.15) is 13.8 Å². The van der Waals surface area contributed by atoms with Crippen molar-refractivity contribution in [3.05, 3.63) is 30.1 Å². The second-order valence-corrected chi connectivity index (χ2v) is 4.71. The van der Waals surface area contributed by atoms with Crippen LogP contribution in [-0.2, 0) is 4.79 Å². The van der Waals surface area contributed by atoms with E-state index in [-0.39, 0.29) is 23.7 Å². The summed E-state index contributed by atoms with van der Waals surface area (Å²) in [6.45, 7) is 3.90. The molecular weight excluding hydrogens is 239 g/mol. The van der Waals surface area contributed by atoms with E-state index in [1.165, 1.54) is 17.0 Å². The Kier molecular flexibility index (Phi) is 3.11. The fraction of sp³-hybridized carbons (Fsp3) is 0.333. The Morgan fingerprint density at radius 3 is 2.41 bits per heavy atom.